The molecule has 4 rings (SSSR count). The Morgan fingerprint density at radius 1 is 0.957 bits per heavy atom. The normalized spacial score (nSPS) is 15.0. The molecule has 8 heteroatoms. The van der Waals surface area contributed by atoms with Crippen molar-refractivity contribution in [1.29, 1.82) is 0 Å². The molecule has 5 nitrogen and oxygen atoms in total. The van der Waals surface area contributed by atoms with Crippen LogP contribution in [0.2, 0.25) is 0 Å². The number of methoxy groups -OCH3 is 1. The fourth-order valence-electron chi connectivity index (χ4n) is 6.72. The van der Waals surface area contributed by atoms with Crippen molar-refractivity contribution >= 4 is 23.6 Å². The molecular formula is C38H48F2N2O3S. The Hall–Kier alpha value is -3.23. The molecule has 1 fully saturated rings. The van der Waals surface area contributed by atoms with E-state index in [1.807, 2.05) is 49.6 Å². The van der Waals surface area contributed by atoms with E-state index in [9.17, 15) is 18.4 Å². The van der Waals surface area contributed by atoms with Crippen LogP contribution in [-0.2, 0) is 22.6 Å². The van der Waals surface area contributed by atoms with E-state index in [2.05, 4.69) is 23.2 Å². The van der Waals surface area contributed by atoms with E-state index in [4.69, 9.17) is 4.74 Å². The lowest BCUT2D eigenvalue weighted by molar-refractivity contribution is -0.142. The van der Waals surface area contributed by atoms with E-state index in [0.717, 1.165) is 41.2 Å². The number of amides is 1. The molecule has 0 bridgehead atoms. The molecule has 3 aromatic rings. The van der Waals surface area contributed by atoms with Gasteiger partial charge in [0.15, 0.2) is 0 Å². The molecule has 0 aliphatic heterocycles. The van der Waals surface area contributed by atoms with Crippen molar-refractivity contribution in [2.45, 2.75) is 90.4 Å². The van der Waals surface area contributed by atoms with Crippen molar-refractivity contribution in [2.24, 2.45) is 5.92 Å². The number of nitrogens with zero attached hydrogens (tertiary/aromatic N) is 1. The summed E-state index contributed by atoms with van der Waals surface area (Å²) in [6.07, 6.45) is 10.6. The molecule has 2 unspecified atom stereocenters. The van der Waals surface area contributed by atoms with Crippen molar-refractivity contribution in [3.63, 3.8) is 0 Å². The molecule has 1 amide bonds. The van der Waals surface area contributed by atoms with Gasteiger partial charge in [-0.1, -0.05) is 69.4 Å². The molecule has 0 aromatic heterocycles. The minimum absolute atomic E-state index is 0.233. The predicted octanol–water partition coefficient (Wildman–Crippen LogP) is 8.72. The molecular weight excluding hydrogens is 602 g/mol. The summed E-state index contributed by atoms with van der Waals surface area (Å²) in [5.41, 5.74) is 4.81. The molecule has 0 saturated heterocycles. The van der Waals surface area contributed by atoms with Gasteiger partial charge in [-0.3, -0.25) is 9.69 Å². The number of carbonyl (C=O) groups is 2. The average molecular weight is 651 g/mol. The summed E-state index contributed by atoms with van der Waals surface area (Å²) in [7, 11) is 1.33. The van der Waals surface area contributed by atoms with Gasteiger partial charge in [0.2, 0.25) is 0 Å². The first kappa shape index (κ1) is 35.6. The molecule has 0 radical (unpaired) electrons. The highest BCUT2D eigenvalue weighted by Crippen LogP contribution is 2.33. The van der Waals surface area contributed by atoms with Crippen LogP contribution in [0.1, 0.15) is 85.3 Å². The highest BCUT2D eigenvalue weighted by Gasteiger charge is 2.26. The van der Waals surface area contributed by atoms with Crippen LogP contribution >= 0.6 is 11.8 Å². The number of ether oxygens (including phenoxy) is 1. The Morgan fingerprint density at radius 3 is 2.30 bits per heavy atom. The van der Waals surface area contributed by atoms with Gasteiger partial charge in [0, 0.05) is 30.8 Å². The van der Waals surface area contributed by atoms with Gasteiger partial charge in [0.05, 0.1) is 7.11 Å². The maximum atomic E-state index is 14.3. The van der Waals surface area contributed by atoms with Crippen molar-refractivity contribution in [2.75, 3.05) is 19.1 Å². The summed E-state index contributed by atoms with van der Waals surface area (Å²) in [6, 6.07) is 17.0. The third-order valence-electron chi connectivity index (χ3n) is 9.18. The molecule has 2 atom stereocenters. The van der Waals surface area contributed by atoms with Gasteiger partial charge >= 0.3 is 5.97 Å². The molecule has 3 aromatic carbocycles. The zero-order chi connectivity index (χ0) is 33.1. The van der Waals surface area contributed by atoms with Crippen molar-refractivity contribution in [1.82, 2.24) is 10.2 Å². The largest absolute Gasteiger partial charge is 0.467 e. The Balaban J connectivity index is 1.70. The molecule has 1 N–H and O–H groups in total. The highest BCUT2D eigenvalue weighted by atomic mass is 32.2. The van der Waals surface area contributed by atoms with Gasteiger partial charge in [-0.2, -0.15) is 11.8 Å². The van der Waals surface area contributed by atoms with E-state index in [1.54, 1.807) is 11.8 Å². The molecule has 1 aliphatic rings. The number of carbonyl (C=O) groups excluding carboxylic acids is 2. The summed E-state index contributed by atoms with van der Waals surface area (Å²) in [6.45, 7) is 5.18. The SMILES string of the molecule is CCC(CC1CCCCC1)N(Cc1cc(F)cc(F)c1)Cc1ccc(C(=O)NC(CCSC)C(=O)OC)c(-c2ccccc2C)c1. The van der Waals surface area contributed by atoms with Gasteiger partial charge in [-0.15, -0.1) is 0 Å². The molecule has 46 heavy (non-hydrogen) atoms. The van der Waals surface area contributed by atoms with Gasteiger partial charge < -0.3 is 10.1 Å². The number of aryl methyl sites for hydroxylation is 1. The minimum atomic E-state index is -0.749. The van der Waals surface area contributed by atoms with Crippen LogP contribution in [-0.4, -0.2) is 48.0 Å². The summed E-state index contributed by atoms with van der Waals surface area (Å²) in [4.78, 5) is 28.6. The fraction of sp³-hybridized carbons (Fsp3) is 0.474. The predicted molar refractivity (Wildman–Crippen MR) is 184 cm³/mol. The van der Waals surface area contributed by atoms with E-state index < -0.39 is 23.6 Å². The van der Waals surface area contributed by atoms with Crippen LogP contribution in [0, 0.1) is 24.5 Å². The topological polar surface area (TPSA) is 58.6 Å². The number of rotatable bonds is 15. The third-order valence-corrected chi connectivity index (χ3v) is 9.82. The first-order valence-corrected chi connectivity index (χ1v) is 17.9. The van der Waals surface area contributed by atoms with Crippen LogP contribution in [0.5, 0.6) is 0 Å². The highest BCUT2D eigenvalue weighted by molar-refractivity contribution is 7.98. The number of thioether (sulfide) groups is 1. The minimum Gasteiger partial charge on any atom is -0.467 e. The first-order chi connectivity index (χ1) is 22.2. The number of hydrogen-bond acceptors (Lipinski definition) is 5. The molecule has 1 aliphatic carbocycles. The average Bonchev–Trinajstić information content (AvgIpc) is 3.05. The standard InChI is InChI=1S/C38H48F2N2O3S/c1-5-32(21-27-12-7-6-8-13-27)42(25-29-19-30(39)23-31(40)20-29)24-28-15-16-34(35(22-28)33-14-10-9-11-26(33)2)37(43)41-36(17-18-46-4)38(44)45-3/h9-11,14-16,19-20,22-23,27,32,36H,5-8,12-13,17-18,21,24-25H2,1-4H3,(H,41,43). The van der Waals surface area contributed by atoms with Gasteiger partial charge in [-0.05, 0) is 96.2 Å². The lowest BCUT2D eigenvalue weighted by Gasteiger charge is -2.35. The van der Waals surface area contributed by atoms with Crippen LogP contribution in [0.4, 0.5) is 8.78 Å². The van der Waals surface area contributed by atoms with E-state index in [1.165, 1.54) is 51.3 Å². The smallest absolute Gasteiger partial charge is 0.328 e. The zero-order valence-corrected chi connectivity index (χ0v) is 28.4. The fourth-order valence-corrected chi connectivity index (χ4v) is 7.19. The van der Waals surface area contributed by atoms with Crippen LogP contribution in [0.25, 0.3) is 11.1 Å². The Kier molecular flexibility index (Phi) is 13.6. The lowest BCUT2D eigenvalue weighted by atomic mass is 9.83. The molecule has 0 spiro atoms. The second-order valence-electron chi connectivity index (χ2n) is 12.5. The number of nitrogens with one attached hydrogen (secondary N) is 1. The summed E-state index contributed by atoms with van der Waals surface area (Å²) in [5.74, 6) is -0.603. The van der Waals surface area contributed by atoms with E-state index >= 15 is 0 Å². The van der Waals surface area contributed by atoms with Crippen LogP contribution in [0.15, 0.2) is 60.7 Å². The Bertz CT molecular complexity index is 1440. The Labute approximate surface area is 277 Å². The maximum Gasteiger partial charge on any atom is 0.328 e. The van der Waals surface area contributed by atoms with Crippen molar-refractivity contribution in [3.05, 3.63) is 94.6 Å². The monoisotopic (exact) mass is 650 g/mol. The zero-order valence-electron chi connectivity index (χ0n) is 27.6. The van der Waals surface area contributed by atoms with Crippen LogP contribution < -0.4 is 5.32 Å². The van der Waals surface area contributed by atoms with Crippen molar-refractivity contribution < 1.29 is 23.1 Å². The second-order valence-corrected chi connectivity index (χ2v) is 13.5. The molecule has 0 heterocycles. The van der Waals surface area contributed by atoms with Crippen molar-refractivity contribution in [3.8, 4) is 11.1 Å². The lowest BCUT2D eigenvalue weighted by Crippen LogP contribution is -2.42. The quantitative estimate of drug-likeness (QED) is 0.167. The van der Waals surface area contributed by atoms with Gasteiger partial charge in [0.25, 0.3) is 5.91 Å². The molecule has 1 saturated carbocycles. The number of halogens is 2. The summed E-state index contributed by atoms with van der Waals surface area (Å²) in [5, 5.41) is 2.92. The second kappa shape index (κ2) is 17.6. The van der Waals surface area contributed by atoms with Gasteiger partial charge in [-0.25, -0.2) is 13.6 Å². The van der Waals surface area contributed by atoms with E-state index in [-0.39, 0.29) is 11.9 Å². The maximum absolute atomic E-state index is 14.3. The first-order valence-electron chi connectivity index (χ1n) is 16.5. The Morgan fingerprint density at radius 2 is 1.65 bits per heavy atom. The number of hydrogen-bond donors (Lipinski definition) is 1. The summed E-state index contributed by atoms with van der Waals surface area (Å²) >= 11 is 1.60. The number of esters is 1. The third kappa shape index (κ3) is 9.88. The number of benzene rings is 3. The van der Waals surface area contributed by atoms with Crippen LogP contribution in [0.3, 0.4) is 0 Å². The summed E-state index contributed by atoms with van der Waals surface area (Å²) < 4.78 is 33.5. The van der Waals surface area contributed by atoms with Gasteiger partial charge in [0.1, 0.15) is 17.7 Å². The van der Waals surface area contributed by atoms with E-state index in [0.29, 0.717) is 42.3 Å². The molecule has 248 valence electrons.